The highest BCUT2D eigenvalue weighted by atomic mass is 32.2. The van der Waals surface area contributed by atoms with Crippen LogP contribution in [0.1, 0.15) is 65.7 Å². The number of hydrogen-bond acceptors (Lipinski definition) is 11. The minimum Gasteiger partial charge on any atom is -0.497 e. The number of hydrogen-bond donors (Lipinski definition) is 4. The number of sulfonamides is 1. The fraction of sp³-hybridized carbons (Fsp3) is 0.611. The van der Waals surface area contributed by atoms with Gasteiger partial charge in [-0.05, 0) is 69.4 Å². The summed E-state index contributed by atoms with van der Waals surface area (Å²) in [7, 11) is 1.09. The van der Waals surface area contributed by atoms with E-state index in [0.717, 1.165) is 6.42 Å². The summed E-state index contributed by atoms with van der Waals surface area (Å²) in [6, 6.07) is 2.88. The topological polar surface area (TPSA) is 209 Å². The monoisotopic (exact) mass is 755 g/mol. The molecule has 4 N–H and O–H groups in total. The number of anilines is 1. The Morgan fingerprint density at radius 1 is 1.13 bits per heavy atom. The van der Waals surface area contributed by atoms with E-state index in [1.54, 1.807) is 51.2 Å². The summed E-state index contributed by atoms with van der Waals surface area (Å²) >= 11 is 0. The van der Waals surface area contributed by atoms with Crippen LogP contribution in [0.25, 0.3) is 10.9 Å². The van der Waals surface area contributed by atoms with E-state index in [1.807, 2.05) is 26.0 Å². The molecular formula is C36H49N7O9S. The number of carboxylic acid groups (broad SMARTS) is 1. The van der Waals surface area contributed by atoms with Crippen LogP contribution in [0.4, 0.5) is 10.7 Å². The van der Waals surface area contributed by atoms with Crippen molar-refractivity contribution in [3.8, 4) is 11.6 Å². The lowest BCUT2D eigenvalue weighted by molar-refractivity contribution is -0.142. The van der Waals surface area contributed by atoms with Crippen molar-refractivity contribution in [3.05, 3.63) is 30.4 Å². The number of nitrogens with one attached hydrogen (secondary N) is 3. The first-order chi connectivity index (χ1) is 25.0. The second-order valence-corrected chi connectivity index (χ2v) is 17.7. The third kappa shape index (κ3) is 7.71. The lowest BCUT2D eigenvalue weighted by atomic mass is 9.88. The summed E-state index contributed by atoms with van der Waals surface area (Å²) in [5, 5.41) is 15.6. The maximum Gasteiger partial charge on any atom is 0.405 e. The predicted molar refractivity (Wildman–Crippen MR) is 195 cm³/mol. The number of amides is 4. The Bertz CT molecular complexity index is 1930. The van der Waals surface area contributed by atoms with Gasteiger partial charge in [0.25, 0.3) is 5.91 Å². The zero-order valence-electron chi connectivity index (χ0n) is 30.9. The van der Waals surface area contributed by atoms with Gasteiger partial charge in [-0.2, -0.15) is 4.98 Å². The smallest absolute Gasteiger partial charge is 0.405 e. The first-order valence-corrected chi connectivity index (χ1v) is 19.5. The average molecular weight is 756 g/mol. The van der Waals surface area contributed by atoms with E-state index in [1.165, 1.54) is 4.90 Å². The quantitative estimate of drug-likeness (QED) is 0.287. The normalized spacial score (nSPS) is 29.8. The van der Waals surface area contributed by atoms with Crippen molar-refractivity contribution in [3.63, 3.8) is 0 Å². The third-order valence-electron chi connectivity index (χ3n) is 11.1. The molecule has 1 aromatic heterocycles. The molecule has 16 nitrogen and oxygen atoms in total. The van der Waals surface area contributed by atoms with Gasteiger partial charge in [-0.1, -0.05) is 26.0 Å². The number of nitrogens with zero attached hydrogens (tertiary/aromatic N) is 4. The van der Waals surface area contributed by atoms with Gasteiger partial charge < -0.3 is 35.0 Å². The van der Waals surface area contributed by atoms with Crippen LogP contribution in [0, 0.1) is 17.8 Å². The number of aromatic nitrogens is 2. The molecule has 0 unspecified atom stereocenters. The van der Waals surface area contributed by atoms with E-state index in [9.17, 15) is 32.7 Å². The molecule has 6 rings (SSSR count). The molecule has 3 fully saturated rings. The molecule has 17 heteroatoms. The number of benzene rings is 1. The molecule has 4 aliphatic rings. The van der Waals surface area contributed by atoms with Crippen LogP contribution in [-0.4, -0.2) is 108 Å². The van der Waals surface area contributed by atoms with Gasteiger partial charge >= 0.3 is 6.09 Å². The van der Waals surface area contributed by atoms with Crippen molar-refractivity contribution in [1.82, 2.24) is 30.2 Å². The summed E-state index contributed by atoms with van der Waals surface area (Å²) in [4.78, 5) is 66.9. The minimum absolute atomic E-state index is 0.0182. The van der Waals surface area contributed by atoms with Crippen LogP contribution >= 0.6 is 0 Å². The van der Waals surface area contributed by atoms with Crippen molar-refractivity contribution in [1.29, 1.82) is 0 Å². The molecule has 2 saturated carbocycles. The van der Waals surface area contributed by atoms with Gasteiger partial charge in [0.15, 0.2) is 0 Å². The molecule has 1 aromatic carbocycles. The van der Waals surface area contributed by atoms with E-state index < -0.39 is 74.1 Å². The summed E-state index contributed by atoms with van der Waals surface area (Å²) in [5.74, 6) is -1.74. The van der Waals surface area contributed by atoms with Crippen LogP contribution < -0.4 is 29.7 Å². The summed E-state index contributed by atoms with van der Waals surface area (Å²) in [5.41, 5.74) is -1.01. The maximum absolute atomic E-state index is 14.4. The van der Waals surface area contributed by atoms with Gasteiger partial charge in [0, 0.05) is 32.5 Å². The lowest BCUT2D eigenvalue weighted by Crippen LogP contribution is -2.59. The number of methoxy groups -OCH3 is 1. The Morgan fingerprint density at radius 2 is 1.87 bits per heavy atom. The van der Waals surface area contributed by atoms with Crippen LogP contribution in [0.2, 0.25) is 0 Å². The van der Waals surface area contributed by atoms with E-state index in [4.69, 9.17) is 9.47 Å². The Morgan fingerprint density at radius 3 is 2.53 bits per heavy atom. The molecule has 7 atom stereocenters. The largest absolute Gasteiger partial charge is 0.497 e. The van der Waals surface area contributed by atoms with Crippen molar-refractivity contribution in [2.45, 2.75) is 94.2 Å². The number of carbonyl (C=O) groups excluding carboxylic acids is 3. The van der Waals surface area contributed by atoms with Crippen molar-refractivity contribution in [2.75, 3.05) is 32.6 Å². The van der Waals surface area contributed by atoms with E-state index >= 15 is 0 Å². The Hall–Kier alpha value is -4.67. The van der Waals surface area contributed by atoms with Crippen LogP contribution in [0.5, 0.6) is 11.6 Å². The molecule has 3 heterocycles. The highest BCUT2D eigenvalue weighted by Gasteiger charge is 2.63. The minimum atomic E-state index is -4.01. The Labute approximate surface area is 309 Å². The first-order valence-electron chi connectivity index (χ1n) is 18.0. The van der Waals surface area contributed by atoms with Crippen LogP contribution in [0.3, 0.4) is 0 Å². The van der Waals surface area contributed by atoms with Crippen molar-refractivity contribution < 1.29 is 42.2 Å². The second-order valence-electron chi connectivity index (χ2n) is 15.5. The fourth-order valence-corrected chi connectivity index (χ4v) is 8.69. The van der Waals surface area contributed by atoms with Crippen molar-refractivity contribution in [2.24, 2.45) is 17.8 Å². The molecule has 0 bridgehead atoms. The van der Waals surface area contributed by atoms with Crippen LogP contribution in [-0.2, 0) is 24.4 Å². The molecule has 2 aliphatic carbocycles. The zero-order valence-corrected chi connectivity index (χ0v) is 31.7. The molecule has 2 aromatic rings. The van der Waals surface area contributed by atoms with Gasteiger partial charge in [-0.15, -0.1) is 0 Å². The molecule has 53 heavy (non-hydrogen) atoms. The summed E-state index contributed by atoms with van der Waals surface area (Å²) < 4.78 is 39.3. The molecule has 4 amide bonds. The number of ether oxygens (including phenoxy) is 2. The van der Waals surface area contributed by atoms with Crippen LogP contribution in [0.15, 0.2) is 30.4 Å². The second kappa shape index (κ2) is 14.3. The summed E-state index contributed by atoms with van der Waals surface area (Å²) in [6.45, 7) is 5.32. The fourth-order valence-electron chi connectivity index (χ4n) is 7.37. The number of rotatable bonds is 8. The molecule has 288 valence electrons. The van der Waals surface area contributed by atoms with Gasteiger partial charge in [-0.25, -0.2) is 18.2 Å². The van der Waals surface area contributed by atoms with E-state index in [0.29, 0.717) is 48.3 Å². The molecule has 0 spiro atoms. The molecule has 1 saturated heterocycles. The van der Waals surface area contributed by atoms with E-state index in [-0.39, 0.29) is 31.2 Å². The highest BCUT2D eigenvalue weighted by Crippen LogP contribution is 2.47. The van der Waals surface area contributed by atoms with Gasteiger partial charge in [0.05, 0.1) is 29.3 Å². The van der Waals surface area contributed by atoms with Gasteiger partial charge in [0.2, 0.25) is 33.7 Å². The zero-order chi connectivity index (χ0) is 38.5. The predicted octanol–water partition coefficient (Wildman–Crippen LogP) is 2.57. The van der Waals surface area contributed by atoms with E-state index in [2.05, 4.69) is 25.3 Å². The standard InChI is InChI=1S/C36H49N7O9S/c1-20-9-7-8-10-22-18-36(22,32(46)41-53(49,50)35(3)13-14-35)40-29(44)27-17-24(19-43(27)31(45)28(21(2)15-20)38-34(47)48)52-30-25-12-11-23(51-6)16-26(25)37-33(39-30)42(4)5/h8,10-12,16,20-22,24,27-28,38H,7,9,13-15,17-19H2,1-6H3,(H,40,44)(H,41,46)(H,47,48)/t20-,21-,22-,24-,27+,28+,36-/m1/s1. The molecular weight excluding hydrogens is 707 g/mol. The maximum atomic E-state index is 14.4. The van der Waals surface area contributed by atoms with Gasteiger partial charge in [-0.3, -0.25) is 19.1 Å². The SMILES string of the molecule is COc1ccc2c(O[C@@H]3C[C@H]4C(=O)N[C@]5(C(=O)NS(=O)(=O)C6(C)CC6)C[C@H]5C=CCC[C@@H](C)C[C@@H](C)[C@H](NC(=O)O)C(=O)N4C3)nc(N(C)C)nc2c1. The molecule has 2 aliphatic heterocycles. The lowest BCUT2D eigenvalue weighted by Gasteiger charge is -2.32. The van der Waals surface area contributed by atoms with Crippen molar-refractivity contribution >= 4 is 50.7 Å². The average Bonchev–Trinajstić information content (AvgIpc) is 3.98. The number of carbonyl (C=O) groups is 4. The number of allylic oxidation sites excluding steroid dienone is 1. The third-order valence-corrected chi connectivity index (χ3v) is 13.2. The first kappa shape index (κ1) is 38.1. The number of fused-ring (bicyclic) bond motifs is 3. The Balaban J connectivity index is 1.36. The van der Waals surface area contributed by atoms with Gasteiger partial charge in [0.1, 0.15) is 29.5 Å². The Kier molecular flexibility index (Phi) is 10.3. The highest BCUT2D eigenvalue weighted by molar-refractivity contribution is 7.91. The molecule has 0 radical (unpaired) electrons. The summed E-state index contributed by atoms with van der Waals surface area (Å²) in [6.07, 6.45) is 4.53.